The number of urea groups is 1. The molecule has 0 aliphatic carbocycles. The third-order valence-corrected chi connectivity index (χ3v) is 9.33. The van der Waals surface area contributed by atoms with Crippen molar-refractivity contribution in [1.29, 1.82) is 0 Å². The summed E-state index contributed by atoms with van der Waals surface area (Å²) in [6.07, 6.45) is 3.13. The van der Waals surface area contributed by atoms with Crippen molar-refractivity contribution in [1.82, 2.24) is 14.7 Å². The predicted octanol–water partition coefficient (Wildman–Crippen LogP) is 4.07. The number of aliphatic carboxylic acids is 1. The van der Waals surface area contributed by atoms with Crippen LogP contribution >= 0.6 is 0 Å². The highest BCUT2D eigenvalue weighted by molar-refractivity contribution is 5.95. The second-order valence-corrected chi connectivity index (χ2v) is 13.9. The molecule has 1 N–H and O–H groups in total. The lowest BCUT2D eigenvalue weighted by Gasteiger charge is -2.35. The van der Waals surface area contributed by atoms with Gasteiger partial charge in [-0.05, 0) is 49.1 Å². The Labute approximate surface area is 272 Å². The highest BCUT2D eigenvalue weighted by Crippen LogP contribution is 2.43. The Morgan fingerprint density at radius 1 is 1.07 bits per heavy atom. The molecule has 0 unspecified atom stereocenters. The maximum Gasteiger partial charge on any atom is 0.319 e. The van der Waals surface area contributed by atoms with E-state index in [1.807, 2.05) is 45.0 Å². The number of carbonyl (C=O) groups excluding carboxylic acids is 2. The molecule has 250 valence electrons. The van der Waals surface area contributed by atoms with Gasteiger partial charge in [0.2, 0.25) is 12.7 Å². The van der Waals surface area contributed by atoms with Crippen LogP contribution in [0, 0.1) is 5.92 Å². The molecule has 5 rings (SSSR count). The second kappa shape index (κ2) is 14.3. The number of carbonyl (C=O) groups is 3. The van der Waals surface area contributed by atoms with Gasteiger partial charge < -0.3 is 33.8 Å². The Bertz CT molecular complexity index is 1410. The van der Waals surface area contributed by atoms with Gasteiger partial charge in [-0.15, -0.1) is 0 Å². The molecule has 3 atom stereocenters. The lowest BCUT2D eigenvalue weighted by atomic mass is 9.84. The molecule has 11 nitrogen and oxygen atoms in total. The van der Waals surface area contributed by atoms with Crippen LogP contribution in [0.4, 0.5) is 10.5 Å². The number of hydrogen-bond acceptors (Lipinski definition) is 6. The summed E-state index contributed by atoms with van der Waals surface area (Å²) in [4.78, 5) is 47.6. The van der Waals surface area contributed by atoms with Gasteiger partial charge in [0.25, 0.3) is 0 Å². The summed E-state index contributed by atoms with van der Waals surface area (Å²) in [5.41, 5.74) is 2.87. The number of carboxylic acid groups (broad SMARTS) is 1. The molecule has 2 saturated heterocycles. The number of benzene rings is 2. The van der Waals surface area contributed by atoms with Gasteiger partial charge in [-0.25, -0.2) is 4.79 Å². The Balaban J connectivity index is 1.43. The molecule has 2 aromatic carbocycles. The number of anilines is 1. The molecule has 11 heteroatoms. The molecule has 2 fully saturated rings. The van der Waals surface area contributed by atoms with Crippen molar-refractivity contribution in [3.8, 4) is 11.5 Å². The molecule has 0 aromatic heterocycles. The molecule has 2 aromatic rings. The van der Waals surface area contributed by atoms with Gasteiger partial charge in [0.1, 0.15) is 6.54 Å². The van der Waals surface area contributed by atoms with E-state index in [-0.39, 0.29) is 31.2 Å². The number of unbranched alkanes of at least 4 members (excludes halogenated alkanes) is 1. The Hall–Kier alpha value is -3.83. The summed E-state index contributed by atoms with van der Waals surface area (Å²) in [5.74, 6) is -0.826. The molecule has 3 amide bonds. The number of nitrogens with zero attached hydrogens (tertiary/aromatic N) is 5. The topological polar surface area (TPSA) is 103 Å². The highest BCUT2D eigenvalue weighted by atomic mass is 16.7. The van der Waals surface area contributed by atoms with E-state index in [1.165, 1.54) is 0 Å². The molecule has 0 saturated carbocycles. The minimum absolute atomic E-state index is 0.0365. The van der Waals surface area contributed by atoms with Gasteiger partial charge in [0.15, 0.2) is 11.5 Å². The number of carboxylic acids is 1. The van der Waals surface area contributed by atoms with E-state index in [1.54, 1.807) is 11.9 Å². The second-order valence-electron chi connectivity index (χ2n) is 13.9. The minimum Gasteiger partial charge on any atom is -0.481 e. The van der Waals surface area contributed by atoms with E-state index < -0.39 is 17.9 Å². The van der Waals surface area contributed by atoms with Crippen LogP contribution < -0.4 is 14.4 Å². The zero-order valence-electron chi connectivity index (χ0n) is 28.0. The Kier molecular flexibility index (Phi) is 10.4. The fraction of sp³-hybridized carbons (Fsp3) is 0.571. The summed E-state index contributed by atoms with van der Waals surface area (Å²) in [6, 6.07) is 13.3. The van der Waals surface area contributed by atoms with Crippen LogP contribution in [-0.2, 0) is 16.1 Å². The number of amides is 3. The Morgan fingerprint density at radius 2 is 1.85 bits per heavy atom. The summed E-state index contributed by atoms with van der Waals surface area (Å²) in [5, 5.41) is 10.7. The van der Waals surface area contributed by atoms with Crippen molar-refractivity contribution in [2.45, 2.75) is 51.1 Å². The molecule has 3 aliphatic heterocycles. The van der Waals surface area contributed by atoms with Crippen LogP contribution in [0.5, 0.6) is 11.5 Å². The lowest BCUT2D eigenvalue weighted by molar-refractivity contribution is -0.884. The largest absolute Gasteiger partial charge is 0.481 e. The first-order valence-corrected chi connectivity index (χ1v) is 16.5. The molecule has 0 radical (unpaired) electrons. The van der Waals surface area contributed by atoms with Crippen molar-refractivity contribution in [2.75, 3.05) is 79.2 Å². The number of quaternary nitrogens is 1. The van der Waals surface area contributed by atoms with E-state index >= 15 is 0 Å². The normalized spacial score (nSPS) is 21.6. The molecule has 46 heavy (non-hydrogen) atoms. The standard InChI is InChI=1S/C35H49N5O6/c1-6-7-17-39(27-11-8-10-25(19-27)23-40(3,4)5)32(41)22-38-21-28(26-12-13-30-31(20-26)46-24-45-30)33(34(42)43)29(38)14-18-37-16-9-15-36(2)35(37)44/h8,10-13,19-20,28-29,33H,6-7,9,14-18,21-24H2,1-5H3/p+1/t28-,29+,33-/m1/s1. The smallest absolute Gasteiger partial charge is 0.319 e. The zero-order chi connectivity index (χ0) is 33.0. The fourth-order valence-electron chi connectivity index (χ4n) is 7.10. The van der Waals surface area contributed by atoms with Crippen LogP contribution in [-0.4, -0.2) is 122 Å². The first-order chi connectivity index (χ1) is 21.9. The van der Waals surface area contributed by atoms with Crippen LogP contribution in [0.25, 0.3) is 0 Å². The quantitative estimate of drug-likeness (QED) is 0.331. The van der Waals surface area contributed by atoms with Gasteiger partial charge in [0, 0.05) is 63.0 Å². The number of hydrogen-bond donors (Lipinski definition) is 1. The summed E-state index contributed by atoms with van der Waals surface area (Å²) >= 11 is 0. The lowest BCUT2D eigenvalue weighted by Crippen LogP contribution is -2.50. The zero-order valence-corrected chi connectivity index (χ0v) is 28.0. The van der Waals surface area contributed by atoms with Crippen molar-refractivity contribution in [3.05, 3.63) is 53.6 Å². The molecule has 3 aliphatic rings. The van der Waals surface area contributed by atoms with Gasteiger partial charge in [0.05, 0.1) is 33.6 Å². The van der Waals surface area contributed by atoms with E-state index in [2.05, 4.69) is 40.2 Å². The Morgan fingerprint density at radius 3 is 2.59 bits per heavy atom. The van der Waals surface area contributed by atoms with E-state index in [0.29, 0.717) is 50.6 Å². The van der Waals surface area contributed by atoms with Crippen LogP contribution in [0.3, 0.4) is 0 Å². The predicted molar refractivity (Wildman–Crippen MR) is 176 cm³/mol. The van der Waals surface area contributed by atoms with Gasteiger partial charge in [-0.3, -0.25) is 14.5 Å². The molecule has 0 spiro atoms. The first kappa shape index (κ1) is 33.5. The molecular formula is C35H50N5O6+. The van der Waals surface area contributed by atoms with Crippen LogP contribution in [0.2, 0.25) is 0 Å². The monoisotopic (exact) mass is 636 g/mol. The molecular weight excluding hydrogens is 586 g/mol. The number of ether oxygens (including phenoxy) is 2. The van der Waals surface area contributed by atoms with Gasteiger partial charge in [-0.2, -0.15) is 0 Å². The van der Waals surface area contributed by atoms with Gasteiger partial charge in [-0.1, -0.05) is 31.5 Å². The van der Waals surface area contributed by atoms with E-state index in [4.69, 9.17) is 9.47 Å². The number of rotatable bonds is 13. The maximum absolute atomic E-state index is 14.2. The first-order valence-electron chi connectivity index (χ1n) is 16.5. The van der Waals surface area contributed by atoms with Gasteiger partial charge >= 0.3 is 12.0 Å². The summed E-state index contributed by atoms with van der Waals surface area (Å²) in [7, 11) is 8.23. The van der Waals surface area contributed by atoms with Crippen LogP contribution in [0.1, 0.15) is 49.7 Å². The summed E-state index contributed by atoms with van der Waals surface area (Å²) < 4.78 is 11.9. The van der Waals surface area contributed by atoms with E-state index in [0.717, 1.165) is 47.1 Å². The molecule has 3 heterocycles. The highest BCUT2D eigenvalue weighted by Gasteiger charge is 2.47. The van der Waals surface area contributed by atoms with Crippen LogP contribution in [0.15, 0.2) is 42.5 Å². The average Bonchev–Trinajstić information content (AvgIpc) is 3.61. The summed E-state index contributed by atoms with van der Waals surface area (Å²) in [6.45, 7) is 5.96. The van der Waals surface area contributed by atoms with Crippen molar-refractivity contribution in [3.63, 3.8) is 0 Å². The number of fused-ring (bicyclic) bond motifs is 1. The maximum atomic E-state index is 14.2. The third-order valence-electron chi connectivity index (χ3n) is 9.33. The fourth-order valence-corrected chi connectivity index (χ4v) is 7.10. The number of likely N-dealkylation sites (tertiary alicyclic amines) is 1. The average molecular weight is 637 g/mol. The minimum atomic E-state index is -0.902. The SMILES string of the molecule is CCCCN(C(=O)CN1C[C@H](c2ccc3c(c2)OCO3)[C@@H](C(=O)O)[C@@H]1CCN1CCCN(C)C1=O)c1cccc(C[N+](C)(C)C)c1. The molecule has 0 bridgehead atoms. The van der Waals surface area contributed by atoms with Crippen molar-refractivity contribution >= 4 is 23.6 Å². The van der Waals surface area contributed by atoms with Crippen molar-refractivity contribution < 1.29 is 33.4 Å². The third kappa shape index (κ3) is 7.75. The van der Waals surface area contributed by atoms with E-state index in [9.17, 15) is 19.5 Å². The van der Waals surface area contributed by atoms with Crippen molar-refractivity contribution in [2.24, 2.45) is 5.92 Å².